The summed E-state index contributed by atoms with van der Waals surface area (Å²) in [6, 6.07) is 14.1. The van der Waals surface area contributed by atoms with Gasteiger partial charge in [-0.15, -0.1) is 0 Å². The van der Waals surface area contributed by atoms with Gasteiger partial charge < -0.3 is 14.9 Å². The maximum absolute atomic E-state index is 13.7. The molecule has 9 heteroatoms. The van der Waals surface area contributed by atoms with E-state index >= 15 is 0 Å². The predicted octanol–water partition coefficient (Wildman–Crippen LogP) is 2.69. The number of carbonyl (C=O) groups is 4. The van der Waals surface area contributed by atoms with Gasteiger partial charge in [0.1, 0.15) is 12.3 Å². The number of benzene rings is 5. The maximum Gasteiger partial charge on any atom is 0.263 e. The quantitative estimate of drug-likeness (QED) is 0.190. The van der Waals surface area contributed by atoms with E-state index in [9.17, 15) is 29.4 Å². The first-order chi connectivity index (χ1) is 18.4. The lowest BCUT2D eigenvalue weighted by molar-refractivity contribution is -0.0600. The molecule has 0 spiro atoms. The van der Waals surface area contributed by atoms with Crippen molar-refractivity contribution in [3.8, 4) is 0 Å². The smallest absolute Gasteiger partial charge is 0.263 e. The van der Waals surface area contributed by atoms with Gasteiger partial charge >= 0.3 is 0 Å². The zero-order valence-electron chi connectivity index (χ0n) is 19.6. The van der Waals surface area contributed by atoms with Crippen molar-refractivity contribution in [1.82, 2.24) is 10.2 Å². The van der Waals surface area contributed by atoms with Gasteiger partial charge in [-0.3, -0.25) is 24.5 Å². The van der Waals surface area contributed by atoms with Crippen LogP contribution in [0.5, 0.6) is 0 Å². The summed E-state index contributed by atoms with van der Waals surface area (Å²) in [5.74, 6) is -1.94. The molecule has 38 heavy (non-hydrogen) atoms. The molecule has 0 aliphatic carbocycles. The zero-order valence-corrected chi connectivity index (χ0v) is 19.6. The predicted molar refractivity (Wildman–Crippen MR) is 136 cm³/mol. The summed E-state index contributed by atoms with van der Waals surface area (Å²) in [6.07, 6.45) is -2.83. The van der Waals surface area contributed by atoms with Crippen LogP contribution < -0.4 is 5.32 Å². The van der Waals surface area contributed by atoms with E-state index in [-0.39, 0.29) is 6.42 Å². The molecular formula is C29H18N2O7. The molecule has 186 valence electrons. The van der Waals surface area contributed by atoms with Crippen LogP contribution in [0.15, 0.2) is 48.5 Å². The SMILES string of the molecule is O=C1NC(=O)c2ccc3c4ccc5c6c(ccc(c7ccc1c2c73)c64)C(=O)N(C1CC(O)[C@@H](CO)O1)C5=O. The Morgan fingerprint density at radius 2 is 1.16 bits per heavy atom. The molecule has 5 aromatic rings. The number of hydrogen-bond donors (Lipinski definition) is 3. The number of carbonyl (C=O) groups excluding carboxylic acids is 4. The first kappa shape index (κ1) is 21.6. The lowest BCUT2D eigenvalue weighted by Gasteiger charge is -2.32. The van der Waals surface area contributed by atoms with E-state index in [0.29, 0.717) is 33.0 Å². The molecule has 0 saturated carbocycles. The molecule has 3 heterocycles. The minimum absolute atomic E-state index is 0.0175. The fourth-order valence-corrected chi connectivity index (χ4v) is 6.51. The Morgan fingerprint density at radius 3 is 1.61 bits per heavy atom. The highest BCUT2D eigenvalue weighted by Crippen LogP contribution is 2.46. The fraction of sp³-hybridized carbons (Fsp3) is 0.172. The number of imide groups is 2. The minimum atomic E-state index is -0.991. The standard InChI is InChI=1S/C29H18N2O7/c32-10-20-19(33)9-21(38-20)31-28(36)17-7-3-13-11-1-5-15-24-16(27(35)30-26(15)34)6-2-12(22(11)24)14-4-8-18(29(31)37)25(17)23(13)14/h1-8,19-21,32-33H,9-10H2,(H,30,34,35)/t19?,20-,21?/m1/s1. The summed E-state index contributed by atoms with van der Waals surface area (Å²) in [6.45, 7) is -0.422. The molecule has 1 saturated heterocycles. The molecule has 9 nitrogen and oxygen atoms in total. The van der Waals surface area contributed by atoms with Crippen LogP contribution in [-0.4, -0.2) is 63.8 Å². The van der Waals surface area contributed by atoms with Crippen molar-refractivity contribution in [3.05, 3.63) is 70.8 Å². The van der Waals surface area contributed by atoms with Gasteiger partial charge in [-0.2, -0.15) is 0 Å². The highest BCUT2D eigenvalue weighted by molar-refractivity contribution is 6.41. The van der Waals surface area contributed by atoms with Crippen LogP contribution in [0.4, 0.5) is 0 Å². The Labute approximate surface area is 213 Å². The fourth-order valence-electron chi connectivity index (χ4n) is 6.51. The second kappa shape index (κ2) is 7.11. The van der Waals surface area contributed by atoms with Crippen molar-refractivity contribution >= 4 is 66.7 Å². The van der Waals surface area contributed by atoms with Crippen LogP contribution >= 0.6 is 0 Å². The van der Waals surface area contributed by atoms with Crippen molar-refractivity contribution in [2.45, 2.75) is 24.9 Å². The molecule has 1 fully saturated rings. The molecule has 4 amide bonds. The monoisotopic (exact) mass is 506 g/mol. The molecule has 3 N–H and O–H groups in total. The number of fused-ring (bicyclic) bond motifs is 2. The number of aliphatic hydroxyl groups excluding tert-OH is 2. The van der Waals surface area contributed by atoms with Gasteiger partial charge in [0, 0.05) is 39.4 Å². The van der Waals surface area contributed by atoms with E-state index in [4.69, 9.17) is 4.74 Å². The van der Waals surface area contributed by atoms with E-state index in [2.05, 4.69) is 5.32 Å². The summed E-state index contributed by atoms with van der Waals surface area (Å²) >= 11 is 0. The topological polar surface area (TPSA) is 133 Å². The lowest BCUT2D eigenvalue weighted by Crippen LogP contribution is -2.47. The van der Waals surface area contributed by atoms with Crippen molar-refractivity contribution in [2.24, 2.45) is 0 Å². The third kappa shape index (κ3) is 2.46. The number of nitrogens with one attached hydrogen (secondary N) is 1. The van der Waals surface area contributed by atoms with Crippen molar-refractivity contribution in [1.29, 1.82) is 0 Å². The van der Waals surface area contributed by atoms with Crippen LogP contribution in [0.1, 0.15) is 47.9 Å². The third-order valence-corrected chi connectivity index (χ3v) is 8.19. The van der Waals surface area contributed by atoms with Crippen LogP contribution in [-0.2, 0) is 4.74 Å². The summed E-state index contributed by atoms with van der Waals surface area (Å²) in [5.41, 5.74) is 1.54. The normalized spacial score (nSPS) is 23.0. The molecule has 2 unspecified atom stereocenters. The van der Waals surface area contributed by atoms with Crippen LogP contribution in [0.3, 0.4) is 0 Å². The van der Waals surface area contributed by atoms with E-state index in [1.807, 2.05) is 24.3 Å². The summed E-state index contributed by atoms with van der Waals surface area (Å²) in [7, 11) is 0. The summed E-state index contributed by atoms with van der Waals surface area (Å²) < 4.78 is 5.66. The average Bonchev–Trinajstić information content (AvgIpc) is 3.29. The van der Waals surface area contributed by atoms with Crippen molar-refractivity contribution < 1.29 is 34.1 Å². The van der Waals surface area contributed by atoms with Gasteiger partial charge in [-0.1, -0.05) is 24.3 Å². The van der Waals surface area contributed by atoms with E-state index in [0.717, 1.165) is 37.2 Å². The van der Waals surface area contributed by atoms with E-state index < -0.39 is 48.7 Å². The average molecular weight is 506 g/mol. The number of ether oxygens (including phenoxy) is 1. The first-order valence-electron chi connectivity index (χ1n) is 12.3. The molecule has 0 bridgehead atoms. The minimum Gasteiger partial charge on any atom is -0.394 e. The van der Waals surface area contributed by atoms with E-state index in [1.54, 1.807) is 24.3 Å². The third-order valence-electron chi connectivity index (χ3n) is 8.19. The zero-order chi connectivity index (χ0) is 26.0. The van der Waals surface area contributed by atoms with E-state index in [1.165, 1.54) is 0 Å². The highest BCUT2D eigenvalue weighted by Gasteiger charge is 2.45. The molecule has 0 aromatic heterocycles. The van der Waals surface area contributed by atoms with Crippen LogP contribution in [0.2, 0.25) is 0 Å². The van der Waals surface area contributed by atoms with Crippen LogP contribution in [0.25, 0.3) is 43.1 Å². The van der Waals surface area contributed by atoms with Gasteiger partial charge in [0.05, 0.1) is 12.7 Å². The first-order valence-corrected chi connectivity index (χ1v) is 12.3. The number of amides is 4. The lowest BCUT2D eigenvalue weighted by atomic mass is 9.82. The molecule has 3 aliphatic rings. The Balaban J connectivity index is 1.43. The Kier molecular flexibility index (Phi) is 4.04. The van der Waals surface area contributed by atoms with Gasteiger partial charge in [0.25, 0.3) is 23.6 Å². The second-order valence-electron chi connectivity index (χ2n) is 10.0. The largest absolute Gasteiger partial charge is 0.394 e. The number of rotatable bonds is 2. The molecule has 0 radical (unpaired) electrons. The van der Waals surface area contributed by atoms with Crippen LogP contribution in [0, 0.1) is 0 Å². The van der Waals surface area contributed by atoms with Gasteiger partial charge in [0.2, 0.25) is 0 Å². The molecule has 3 aliphatic heterocycles. The summed E-state index contributed by atoms with van der Waals surface area (Å²) in [5, 5.41) is 28.0. The molecule has 5 aromatic carbocycles. The van der Waals surface area contributed by atoms with Gasteiger partial charge in [0.15, 0.2) is 0 Å². The summed E-state index contributed by atoms with van der Waals surface area (Å²) in [4.78, 5) is 53.6. The van der Waals surface area contributed by atoms with Gasteiger partial charge in [-0.05, 0) is 56.6 Å². The highest BCUT2D eigenvalue weighted by atomic mass is 16.5. The number of aliphatic hydroxyl groups is 2. The second-order valence-corrected chi connectivity index (χ2v) is 10.0. The van der Waals surface area contributed by atoms with Crippen molar-refractivity contribution in [3.63, 3.8) is 0 Å². The van der Waals surface area contributed by atoms with Crippen molar-refractivity contribution in [2.75, 3.05) is 6.61 Å². The Hall–Kier alpha value is -4.44. The maximum atomic E-state index is 13.7. The number of hydrogen-bond acceptors (Lipinski definition) is 7. The Bertz CT molecular complexity index is 1840. The molecule has 8 rings (SSSR count). The number of nitrogens with zero attached hydrogens (tertiary/aromatic N) is 1. The van der Waals surface area contributed by atoms with Gasteiger partial charge in [-0.25, -0.2) is 4.90 Å². The molecular weight excluding hydrogens is 488 g/mol. The Morgan fingerprint density at radius 1 is 0.711 bits per heavy atom. The molecule has 3 atom stereocenters.